The van der Waals surface area contributed by atoms with E-state index in [2.05, 4.69) is 20.7 Å². The highest BCUT2D eigenvalue weighted by Gasteiger charge is 2.35. The lowest BCUT2D eigenvalue weighted by Crippen LogP contribution is -2.18. The van der Waals surface area contributed by atoms with Gasteiger partial charge in [0.25, 0.3) is 0 Å². The van der Waals surface area contributed by atoms with Gasteiger partial charge in [-0.15, -0.1) is 0 Å². The smallest absolute Gasteiger partial charge is 0.417 e. The van der Waals surface area contributed by atoms with Gasteiger partial charge < -0.3 is 4.74 Å². The van der Waals surface area contributed by atoms with Gasteiger partial charge in [0.2, 0.25) is 5.78 Å². The second kappa shape index (κ2) is 5.51. The van der Waals surface area contributed by atoms with Gasteiger partial charge >= 0.3 is 12.1 Å². The number of Topliss-reactive ketones (excluding diaryl/α,β-unsaturated/α-hetero) is 1. The molecule has 0 amide bonds. The zero-order valence-electron chi connectivity index (χ0n) is 9.18. The fraction of sp³-hybridized carbons (Fsp3) is 0.273. The maximum Gasteiger partial charge on any atom is 0.417 e. The van der Waals surface area contributed by atoms with E-state index in [1.165, 1.54) is 6.07 Å². The molecule has 0 atom stereocenters. The number of carbonyl (C=O) groups is 2. The molecular weight excluding hydrogens is 317 g/mol. The van der Waals surface area contributed by atoms with Crippen LogP contribution in [0, 0.1) is 0 Å². The van der Waals surface area contributed by atoms with Gasteiger partial charge in [0.05, 0.1) is 5.56 Å². The number of ether oxygens (including phenoxy) is 1. The number of alkyl halides is 3. The average molecular weight is 325 g/mol. The minimum Gasteiger partial charge on any atom is -0.457 e. The second-order valence-electron chi connectivity index (χ2n) is 3.39. The lowest BCUT2D eigenvalue weighted by Gasteiger charge is -2.12. The van der Waals surface area contributed by atoms with E-state index in [0.717, 1.165) is 19.1 Å². The third-order valence-corrected chi connectivity index (χ3v) is 2.49. The molecule has 0 spiro atoms. The summed E-state index contributed by atoms with van der Waals surface area (Å²) < 4.78 is 42.7. The zero-order chi connectivity index (χ0) is 13.9. The summed E-state index contributed by atoms with van der Waals surface area (Å²) in [6, 6.07) is 3.16. The van der Waals surface area contributed by atoms with Crippen LogP contribution in [0.1, 0.15) is 22.8 Å². The lowest BCUT2D eigenvalue weighted by molar-refractivity contribution is -0.139. The maximum absolute atomic E-state index is 12.7. The quantitative estimate of drug-likeness (QED) is 0.633. The van der Waals surface area contributed by atoms with Gasteiger partial charge in [-0.05, 0) is 18.2 Å². The van der Waals surface area contributed by atoms with Crippen LogP contribution in [0.15, 0.2) is 22.7 Å². The van der Waals surface area contributed by atoms with Gasteiger partial charge in [0, 0.05) is 17.0 Å². The van der Waals surface area contributed by atoms with Crippen molar-refractivity contribution < 1.29 is 27.5 Å². The van der Waals surface area contributed by atoms with Gasteiger partial charge in [0.1, 0.15) is 0 Å². The fourth-order valence-electron chi connectivity index (χ4n) is 1.24. The standard InChI is InChI=1S/C11H8BrF3O3/c1-6(16)18-5-10(17)8-3-2-7(12)4-9(8)11(13,14)15/h2-4H,5H2,1H3. The molecule has 0 heterocycles. The van der Waals surface area contributed by atoms with Gasteiger partial charge in [-0.25, -0.2) is 0 Å². The molecule has 0 bridgehead atoms. The van der Waals surface area contributed by atoms with E-state index in [0.29, 0.717) is 0 Å². The van der Waals surface area contributed by atoms with Crippen molar-refractivity contribution in [2.45, 2.75) is 13.1 Å². The molecule has 0 radical (unpaired) electrons. The molecule has 1 rings (SSSR count). The second-order valence-corrected chi connectivity index (χ2v) is 4.31. The Labute approximate surface area is 109 Å². The minimum atomic E-state index is -4.65. The first-order valence-corrected chi connectivity index (χ1v) is 5.54. The van der Waals surface area contributed by atoms with E-state index in [-0.39, 0.29) is 4.47 Å². The van der Waals surface area contributed by atoms with E-state index < -0.39 is 35.7 Å². The van der Waals surface area contributed by atoms with Crippen molar-refractivity contribution in [3.05, 3.63) is 33.8 Å². The third kappa shape index (κ3) is 3.83. The Morgan fingerprint density at radius 2 is 1.94 bits per heavy atom. The molecule has 0 fully saturated rings. The molecule has 0 N–H and O–H groups in total. The highest BCUT2D eigenvalue weighted by Crippen LogP contribution is 2.34. The fourth-order valence-corrected chi connectivity index (χ4v) is 1.60. The first kappa shape index (κ1) is 14.7. The molecule has 0 aromatic heterocycles. The SMILES string of the molecule is CC(=O)OCC(=O)c1ccc(Br)cc1C(F)(F)F. The topological polar surface area (TPSA) is 43.4 Å². The highest BCUT2D eigenvalue weighted by atomic mass is 79.9. The van der Waals surface area contributed by atoms with Crippen LogP contribution < -0.4 is 0 Å². The number of benzene rings is 1. The largest absolute Gasteiger partial charge is 0.457 e. The van der Waals surface area contributed by atoms with E-state index in [9.17, 15) is 22.8 Å². The van der Waals surface area contributed by atoms with Crippen LogP contribution in [0.2, 0.25) is 0 Å². The van der Waals surface area contributed by atoms with Crippen LogP contribution in [-0.2, 0) is 15.7 Å². The van der Waals surface area contributed by atoms with Crippen LogP contribution in [0.5, 0.6) is 0 Å². The number of esters is 1. The zero-order valence-corrected chi connectivity index (χ0v) is 10.8. The lowest BCUT2D eigenvalue weighted by atomic mass is 10.0. The number of carbonyl (C=O) groups excluding carboxylic acids is 2. The van der Waals surface area contributed by atoms with Gasteiger partial charge in [-0.1, -0.05) is 15.9 Å². The van der Waals surface area contributed by atoms with Crippen molar-refractivity contribution in [3.63, 3.8) is 0 Å². The first-order valence-electron chi connectivity index (χ1n) is 4.75. The molecule has 1 aromatic rings. The summed E-state index contributed by atoms with van der Waals surface area (Å²) >= 11 is 2.90. The molecule has 0 saturated heterocycles. The van der Waals surface area contributed by atoms with E-state index in [4.69, 9.17) is 0 Å². The van der Waals surface area contributed by atoms with Crippen molar-refractivity contribution in [3.8, 4) is 0 Å². The predicted molar refractivity (Wildman–Crippen MR) is 60.1 cm³/mol. The third-order valence-electron chi connectivity index (χ3n) is 1.99. The summed E-state index contributed by atoms with van der Waals surface area (Å²) in [5, 5.41) is 0. The molecule has 0 aliphatic rings. The summed E-state index contributed by atoms with van der Waals surface area (Å²) in [6.45, 7) is 0.361. The molecule has 1 aromatic carbocycles. The number of hydrogen-bond acceptors (Lipinski definition) is 3. The summed E-state index contributed by atoms with van der Waals surface area (Å²) in [5.41, 5.74) is -1.58. The Morgan fingerprint density at radius 1 is 1.33 bits per heavy atom. The predicted octanol–water partition coefficient (Wildman–Crippen LogP) is 3.21. The van der Waals surface area contributed by atoms with E-state index in [1.54, 1.807) is 0 Å². The Kier molecular flexibility index (Phi) is 4.50. The van der Waals surface area contributed by atoms with Crippen molar-refractivity contribution in [1.82, 2.24) is 0 Å². The van der Waals surface area contributed by atoms with Crippen molar-refractivity contribution >= 4 is 27.7 Å². The van der Waals surface area contributed by atoms with Crippen molar-refractivity contribution in [2.75, 3.05) is 6.61 Å². The van der Waals surface area contributed by atoms with E-state index in [1.807, 2.05) is 0 Å². The number of rotatable bonds is 3. The van der Waals surface area contributed by atoms with Crippen LogP contribution in [0.4, 0.5) is 13.2 Å². The molecule has 98 valence electrons. The molecular formula is C11H8BrF3O3. The van der Waals surface area contributed by atoms with Crippen LogP contribution in [-0.4, -0.2) is 18.4 Å². The summed E-state index contributed by atoms with van der Waals surface area (Å²) in [6.07, 6.45) is -4.65. The Morgan fingerprint density at radius 3 is 2.44 bits per heavy atom. The van der Waals surface area contributed by atoms with Gasteiger partial charge in [-0.2, -0.15) is 13.2 Å². The summed E-state index contributed by atoms with van der Waals surface area (Å²) in [4.78, 5) is 22.0. The van der Waals surface area contributed by atoms with Crippen LogP contribution in [0.25, 0.3) is 0 Å². The normalized spacial score (nSPS) is 11.2. The average Bonchev–Trinajstić information content (AvgIpc) is 2.24. The van der Waals surface area contributed by atoms with Crippen LogP contribution in [0.3, 0.4) is 0 Å². The summed E-state index contributed by atoms with van der Waals surface area (Å²) in [5.74, 6) is -1.63. The monoisotopic (exact) mass is 324 g/mol. The number of halogens is 4. The molecule has 18 heavy (non-hydrogen) atoms. The molecule has 3 nitrogen and oxygen atoms in total. The highest BCUT2D eigenvalue weighted by molar-refractivity contribution is 9.10. The maximum atomic E-state index is 12.7. The van der Waals surface area contributed by atoms with E-state index >= 15 is 0 Å². The minimum absolute atomic E-state index is 0.207. The van der Waals surface area contributed by atoms with Gasteiger partial charge in [-0.3, -0.25) is 9.59 Å². The Hall–Kier alpha value is -1.37. The molecule has 0 saturated carbocycles. The molecule has 0 aliphatic heterocycles. The van der Waals surface area contributed by atoms with Crippen LogP contribution >= 0.6 is 15.9 Å². The summed E-state index contributed by atoms with van der Waals surface area (Å²) in [7, 11) is 0. The van der Waals surface area contributed by atoms with Gasteiger partial charge in [0.15, 0.2) is 6.61 Å². The number of ketones is 1. The Bertz CT molecular complexity index is 483. The molecule has 7 heteroatoms. The molecule has 0 unspecified atom stereocenters. The Balaban J connectivity index is 3.08. The molecule has 0 aliphatic carbocycles. The number of hydrogen-bond donors (Lipinski definition) is 0. The van der Waals surface area contributed by atoms with Crippen molar-refractivity contribution in [1.29, 1.82) is 0 Å². The first-order chi connectivity index (χ1) is 8.21. The van der Waals surface area contributed by atoms with Crippen molar-refractivity contribution in [2.24, 2.45) is 0 Å².